The summed E-state index contributed by atoms with van der Waals surface area (Å²) in [4.78, 5) is 14.3. The van der Waals surface area contributed by atoms with Crippen molar-refractivity contribution in [3.05, 3.63) is 22.6 Å². The molecule has 0 saturated heterocycles. The lowest BCUT2D eigenvalue weighted by atomic mass is 10.1. The number of furan rings is 1. The van der Waals surface area contributed by atoms with Crippen molar-refractivity contribution in [1.82, 2.24) is 4.90 Å². The summed E-state index contributed by atoms with van der Waals surface area (Å²) in [6, 6.07) is 3.49. The second-order valence-corrected chi connectivity index (χ2v) is 6.54. The second-order valence-electron chi connectivity index (χ2n) is 5.76. The number of halogens is 1. The van der Waals surface area contributed by atoms with E-state index in [2.05, 4.69) is 43.6 Å². The maximum absolute atomic E-state index is 12.4. The molecule has 0 radical (unpaired) electrons. The first-order valence-corrected chi connectivity index (χ1v) is 7.74. The number of rotatable bonds is 7. The molecule has 1 heterocycles. The highest BCUT2D eigenvalue weighted by Crippen LogP contribution is 2.17. The van der Waals surface area contributed by atoms with Crippen molar-refractivity contribution in [2.75, 3.05) is 13.1 Å². The fraction of sp³-hybridized carbons (Fsp3) is 0.667. The van der Waals surface area contributed by atoms with Crippen molar-refractivity contribution in [2.24, 2.45) is 11.8 Å². The van der Waals surface area contributed by atoms with Crippen LogP contribution in [0.5, 0.6) is 0 Å². The van der Waals surface area contributed by atoms with Crippen molar-refractivity contribution >= 4 is 21.8 Å². The average molecular weight is 330 g/mol. The van der Waals surface area contributed by atoms with Gasteiger partial charge in [-0.15, -0.1) is 0 Å². The second kappa shape index (κ2) is 7.73. The average Bonchev–Trinajstić information content (AvgIpc) is 2.74. The predicted octanol–water partition coefficient (Wildman–Crippen LogP) is 4.58. The number of carbonyl (C=O) groups is 1. The van der Waals surface area contributed by atoms with Gasteiger partial charge in [-0.3, -0.25) is 4.79 Å². The Balaban J connectivity index is 2.68. The van der Waals surface area contributed by atoms with Gasteiger partial charge < -0.3 is 9.32 Å². The number of amides is 1. The van der Waals surface area contributed by atoms with Crippen molar-refractivity contribution < 1.29 is 9.21 Å². The molecule has 1 aromatic rings. The minimum absolute atomic E-state index is 0.00741. The Hall–Kier alpha value is -0.770. The van der Waals surface area contributed by atoms with Crippen LogP contribution in [0.15, 0.2) is 21.2 Å². The highest BCUT2D eigenvalue weighted by atomic mass is 79.9. The van der Waals surface area contributed by atoms with Crippen LogP contribution in [0.1, 0.15) is 51.1 Å². The van der Waals surface area contributed by atoms with Crippen LogP contribution in [0.2, 0.25) is 0 Å². The first kappa shape index (κ1) is 16.3. The maximum atomic E-state index is 12.4. The van der Waals surface area contributed by atoms with E-state index < -0.39 is 0 Å². The Morgan fingerprint density at radius 1 is 1.16 bits per heavy atom. The highest BCUT2D eigenvalue weighted by molar-refractivity contribution is 9.10. The summed E-state index contributed by atoms with van der Waals surface area (Å²) in [7, 11) is 0. The van der Waals surface area contributed by atoms with Gasteiger partial charge in [0.1, 0.15) is 0 Å². The number of carbonyl (C=O) groups excluding carboxylic acids is 1. The SMILES string of the molecule is CC(C)CCN(CCC(C)C)C(=O)c1ccc(Br)o1. The molecule has 0 aliphatic rings. The van der Waals surface area contributed by atoms with E-state index in [1.54, 1.807) is 12.1 Å². The predicted molar refractivity (Wildman–Crippen MR) is 81.2 cm³/mol. The van der Waals surface area contributed by atoms with Gasteiger partial charge in [0, 0.05) is 13.1 Å². The monoisotopic (exact) mass is 329 g/mol. The Bertz CT molecular complexity index is 387. The van der Waals surface area contributed by atoms with Crippen molar-refractivity contribution in [2.45, 2.75) is 40.5 Å². The molecular weight excluding hydrogens is 306 g/mol. The maximum Gasteiger partial charge on any atom is 0.289 e. The van der Waals surface area contributed by atoms with Gasteiger partial charge in [-0.05, 0) is 52.7 Å². The number of nitrogens with zero attached hydrogens (tertiary/aromatic N) is 1. The molecule has 0 unspecified atom stereocenters. The summed E-state index contributed by atoms with van der Waals surface area (Å²) in [5, 5.41) is 0. The Morgan fingerprint density at radius 2 is 1.68 bits per heavy atom. The molecule has 0 saturated carbocycles. The molecule has 108 valence electrons. The van der Waals surface area contributed by atoms with Crippen LogP contribution >= 0.6 is 15.9 Å². The first-order chi connectivity index (χ1) is 8.90. The van der Waals surface area contributed by atoms with E-state index in [1.807, 2.05) is 4.90 Å². The lowest BCUT2D eigenvalue weighted by molar-refractivity contribution is 0.0707. The summed E-state index contributed by atoms with van der Waals surface area (Å²) in [6.07, 6.45) is 2.04. The highest BCUT2D eigenvalue weighted by Gasteiger charge is 2.19. The summed E-state index contributed by atoms with van der Waals surface area (Å²) in [6.45, 7) is 10.3. The van der Waals surface area contributed by atoms with E-state index in [0.29, 0.717) is 22.3 Å². The summed E-state index contributed by atoms with van der Waals surface area (Å²) < 4.78 is 5.97. The third-order valence-electron chi connectivity index (χ3n) is 3.02. The van der Waals surface area contributed by atoms with Crippen LogP contribution in [0, 0.1) is 11.8 Å². The minimum atomic E-state index is -0.00741. The normalized spacial score (nSPS) is 11.3. The van der Waals surface area contributed by atoms with E-state index in [4.69, 9.17) is 4.42 Å². The smallest absolute Gasteiger partial charge is 0.289 e. The Morgan fingerprint density at radius 3 is 2.05 bits per heavy atom. The minimum Gasteiger partial charge on any atom is -0.444 e. The molecule has 0 aliphatic heterocycles. The summed E-state index contributed by atoms with van der Waals surface area (Å²) in [5.41, 5.74) is 0. The standard InChI is InChI=1S/C15H24BrNO2/c1-11(2)7-9-17(10-8-12(3)4)15(18)13-5-6-14(16)19-13/h5-6,11-12H,7-10H2,1-4H3. The van der Waals surface area contributed by atoms with Crippen molar-refractivity contribution in [3.8, 4) is 0 Å². The molecular formula is C15H24BrNO2. The third-order valence-corrected chi connectivity index (χ3v) is 3.45. The van der Waals surface area contributed by atoms with Crippen LogP contribution in [0.25, 0.3) is 0 Å². The van der Waals surface area contributed by atoms with Gasteiger partial charge in [-0.2, -0.15) is 0 Å². The Labute approximate surface area is 124 Å². The van der Waals surface area contributed by atoms with Gasteiger partial charge in [0.25, 0.3) is 5.91 Å². The van der Waals surface area contributed by atoms with E-state index in [0.717, 1.165) is 25.9 Å². The van der Waals surface area contributed by atoms with E-state index in [9.17, 15) is 4.79 Å². The van der Waals surface area contributed by atoms with Crippen molar-refractivity contribution in [3.63, 3.8) is 0 Å². The molecule has 0 N–H and O–H groups in total. The topological polar surface area (TPSA) is 33.5 Å². The zero-order valence-electron chi connectivity index (χ0n) is 12.3. The molecule has 0 aromatic carbocycles. The number of hydrogen-bond acceptors (Lipinski definition) is 2. The molecule has 0 fully saturated rings. The molecule has 1 rings (SSSR count). The van der Waals surface area contributed by atoms with Gasteiger partial charge in [-0.1, -0.05) is 27.7 Å². The lowest BCUT2D eigenvalue weighted by Crippen LogP contribution is -2.33. The number of hydrogen-bond donors (Lipinski definition) is 0. The molecule has 0 bridgehead atoms. The molecule has 4 heteroatoms. The Kier molecular flexibility index (Phi) is 6.63. The first-order valence-electron chi connectivity index (χ1n) is 6.94. The van der Waals surface area contributed by atoms with Gasteiger partial charge >= 0.3 is 0 Å². The molecule has 0 atom stereocenters. The van der Waals surface area contributed by atoms with Crippen LogP contribution in [-0.2, 0) is 0 Å². The molecule has 0 aliphatic carbocycles. The molecule has 1 amide bonds. The third kappa shape index (κ3) is 5.81. The summed E-state index contributed by atoms with van der Waals surface area (Å²) >= 11 is 3.24. The molecule has 3 nitrogen and oxygen atoms in total. The van der Waals surface area contributed by atoms with Crippen LogP contribution in [-0.4, -0.2) is 23.9 Å². The molecule has 19 heavy (non-hydrogen) atoms. The fourth-order valence-corrected chi connectivity index (χ4v) is 2.03. The van der Waals surface area contributed by atoms with E-state index >= 15 is 0 Å². The lowest BCUT2D eigenvalue weighted by Gasteiger charge is -2.23. The molecule has 0 spiro atoms. The summed E-state index contributed by atoms with van der Waals surface area (Å²) in [5.74, 6) is 1.60. The van der Waals surface area contributed by atoms with Crippen molar-refractivity contribution in [1.29, 1.82) is 0 Å². The van der Waals surface area contributed by atoms with Gasteiger partial charge in [0.05, 0.1) is 0 Å². The zero-order chi connectivity index (χ0) is 14.4. The van der Waals surface area contributed by atoms with Gasteiger partial charge in [-0.25, -0.2) is 0 Å². The van der Waals surface area contributed by atoms with E-state index in [-0.39, 0.29) is 5.91 Å². The van der Waals surface area contributed by atoms with Crippen LogP contribution in [0.3, 0.4) is 0 Å². The van der Waals surface area contributed by atoms with E-state index in [1.165, 1.54) is 0 Å². The van der Waals surface area contributed by atoms with Crippen LogP contribution < -0.4 is 0 Å². The van der Waals surface area contributed by atoms with Gasteiger partial charge in [0.2, 0.25) is 0 Å². The molecule has 1 aromatic heterocycles. The fourth-order valence-electron chi connectivity index (χ4n) is 1.73. The van der Waals surface area contributed by atoms with Gasteiger partial charge in [0.15, 0.2) is 10.4 Å². The largest absolute Gasteiger partial charge is 0.444 e. The zero-order valence-corrected chi connectivity index (χ0v) is 13.9. The van der Waals surface area contributed by atoms with Crippen LogP contribution in [0.4, 0.5) is 0 Å². The quantitative estimate of drug-likeness (QED) is 0.733.